The van der Waals surface area contributed by atoms with E-state index in [9.17, 15) is 13.2 Å². The smallest absolute Gasteiger partial charge is 0.325 e. The van der Waals surface area contributed by atoms with Gasteiger partial charge in [-0.05, 0) is 25.1 Å². The van der Waals surface area contributed by atoms with E-state index >= 15 is 0 Å². The summed E-state index contributed by atoms with van der Waals surface area (Å²) in [7, 11) is 0. The molecule has 0 saturated carbocycles. The lowest BCUT2D eigenvalue weighted by Gasteiger charge is -2.19. The van der Waals surface area contributed by atoms with Crippen molar-refractivity contribution in [2.24, 2.45) is 0 Å². The van der Waals surface area contributed by atoms with Crippen molar-refractivity contribution in [1.29, 1.82) is 0 Å². The predicted octanol–water partition coefficient (Wildman–Crippen LogP) is 4.98. The number of halogens is 5. The standard InChI is InChI=1S/C13H13Cl2F3N2/c1-8(7-13(16,17)18)20-11-6-9(15)2-3-10(11)19-12(20)4-5-14/h2-3,6,8H,4-5,7H2,1H3. The fourth-order valence-corrected chi connectivity index (χ4v) is 2.63. The molecule has 0 N–H and O–H groups in total. The van der Waals surface area contributed by atoms with Gasteiger partial charge in [-0.3, -0.25) is 0 Å². The molecule has 1 atom stereocenters. The van der Waals surface area contributed by atoms with E-state index in [2.05, 4.69) is 4.98 Å². The van der Waals surface area contributed by atoms with Gasteiger partial charge in [0.2, 0.25) is 0 Å². The Hall–Kier alpha value is -0.940. The van der Waals surface area contributed by atoms with Crippen LogP contribution in [0, 0.1) is 0 Å². The van der Waals surface area contributed by atoms with E-state index < -0.39 is 18.6 Å². The van der Waals surface area contributed by atoms with Gasteiger partial charge in [-0.2, -0.15) is 13.2 Å². The third-order valence-electron chi connectivity index (χ3n) is 3.01. The molecule has 0 saturated heterocycles. The summed E-state index contributed by atoms with van der Waals surface area (Å²) in [5.74, 6) is 0.851. The number of fused-ring (bicyclic) bond motifs is 1. The van der Waals surface area contributed by atoms with Gasteiger partial charge in [-0.15, -0.1) is 11.6 Å². The number of aryl methyl sites for hydroxylation is 1. The van der Waals surface area contributed by atoms with Crippen LogP contribution >= 0.6 is 23.2 Å². The number of nitrogens with zero attached hydrogens (tertiary/aromatic N) is 2. The summed E-state index contributed by atoms with van der Waals surface area (Å²) in [6.07, 6.45) is -4.73. The number of aromatic nitrogens is 2. The minimum Gasteiger partial charge on any atom is -0.325 e. The van der Waals surface area contributed by atoms with Gasteiger partial charge in [0.05, 0.1) is 17.5 Å². The second-order valence-corrected chi connectivity index (χ2v) is 5.45. The van der Waals surface area contributed by atoms with Crippen LogP contribution in [-0.2, 0) is 6.42 Å². The van der Waals surface area contributed by atoms with E-state index in [0.29, 0.717) is 34.2 Å². The molecule has 2 nitrogen and oxygen atoms in total. The molecule has 1 unspecified atom stereocenters. The second-order valence-electron chi connectivity index (χ2n) is 4.64. The van der Waals surface area contributed by atoms with Gasteiger partial charge >= 0.3 is 6.18 Å². The van der Waals surface area contributed by atoms with Gasteiger partial charge < -0.3 is 4.57 Å². The lowest BCUT2D eigenvalue weighted by molar-refractivity contribution is -0.141. The van der Waals surface area contributed by atoms with Crippen LogP contribution in [0.4, 0.5) is 13.2 Å². The molecule has 0 aliphatic carbocycles. The zero-order valence-electron chi connectivity index (χ0n) is 10.7. The van der Waals surface area contributed by atoms with Crippen LogP contribution in [0.2, 0.25) is 5.02 Å². The highest BCUT2D eigenvalue weighted by molar-refractivity contribution is 6.31. The monoisotopic (exact) mass is 324 g/mol. The Morgan fingerprint density at radius 1 is 1.35 bits per heavy atom. The Morgan fingerprint density at radius 2 is 2.05 bits per heavy atom. The Bertz CT molecular complexity index is 607. The van der Waals surface area contributed by atoms with Gasteiger partial charge in [-0.25, -0.2) is 4.98 Å². The lowest BCUT2D eigenvalue weighted by atomic mass is 10.2. The summed E-state index contributed by atoms with van der Waals surface area (Å²) < 4.78 is 39.4. The first-order chi connectivity index (χ1) is 9.31. The molecule has 2 rings (SSSR count). The molecule has 0 radical (unpaired) electrons. The molecule has 110 valence electrons. The third kappa shape index (κ3) is 3.38. The Labute approximate surface area is 124 Å². The highest BCUT2D eigenvalue weighted by Crippen LogP contribution is 2.32. The van der Waals surface area contributed by atoms with E-state index in [-0.39, 0.29) is 0 Å². The summed E-state index contributed by atoms with van der Waals surface area (Å²) in [4.78, 5) is 4.35. The van der Waals surface area contributed by atoms with Crippen molar-refractivity contribution in [3.63, 3.8) is 0 Å². The molecule has 0 aliphatic heterocycles. The summed E-state index contributed by atoms with van der Waals surface area (Å²) in [5, 5.41) is 0.468. The topological polar surface area (TPSA) is 17.8 Å². The molecule has 7 heteroatoms. The number of benzene rings is 1. The summed E-state index contributed by atoms with van der Waals surface area (Å²) in [5.41, 5.74) is 1.23. The van der Waals surface area contributed by atoms with Crippen LogP contribution in [0.15, 0.2) is 18.2 Å². The Morgan fingerprint density at radius 3 is 2.65 bits per heavy atom. The number of rotatable bonds is 4. The van der Waals surface area contributed by atoms with Crippen LogP contribution in [0.1, 0.15) is 25.2 Å². The van der Waals surface area contributed by atoms with E-state index in [0.717, 1.165) is 0 Å². The fraction of sp³-hybridized carbons (Fsp3) is 0.462. The van der Waals surface area contributed by atoms with Gasteiger partial charge in [0.15, 0.2) is 0 Å². The molecular formula is C13H13Cl2F3N2. The quantitative estimate of drug-likeness (QED) is 0.725. The number of hydrogen-bond donors (Lipinski definition) is 0. The maximum Gasteiger partial charge on any atom is 0.391 e. The third-order valence-corrected chi connectivity index (χ3v) is 3.43. The largest absolute Gasteiger partial charge is 0.391 e. The van der Waals surface area contributed by atoms with Crippen molar-refractivity contribution < 1.29 is 13.2 Å². The van der Waals surface area contributed by atoms with Crippen molar-refractivity contribution in [3.05, 3.63) is 29.0 Å². The average molecular weight is 325 g/mol. The Balaban J connectivity index is 2.52. The minimum absolute atomic E-state index is 0.301. The highest BCUT2D eigenvalue weighted by atomic mass is 35.5. The second kappa shape index (κ2) is 5.82. The van der Waals surface area contributed by atoms with Crippen LogP contribution in [0.5, 0.6) is 0 Å². The maximum atomic E-state index is 12.6. The molecule has 0 spiro atoms. The summed E-state index contributed by atoms with van der Waals surface area (Å²) >= 11 is 11.6. The van der Waals surface area contributed by atoms with Crippen molar-refractivity contribution in [1.82, 2.24) is 9.55 Å². The first-order valence-electron chi connectivity index (χ1n) is 6.11. The molecule has 0 amide bonds. The van der Waals surface area contributed by atoms with E-state index in [1.165, 1.54) is 6.92 Å². The van der Waals surface area contributed by atoms with Gasteiger partial charge in [-0.1, -0.05) is 11.6 Å². The van der Waals surface area contributed by atoms with Crippen LogP contribution in [0.25, 0.3) is 11.0 Å². The molecule has 1 aromatic carbocycles. The molecule has 2 aromatic rings. The summed E-state index contributed by atoms with van der Waals surface area (Å²) in [6.45, 7) is 1.52. The Kier molecular flexibility index (Phi) is 4.49. The fourth-order valence-electron chi connectivity index (χ4n) is 2.29. The molecule has 0 aliphatic rings. The molecule has 20 heavy (non-hydrogen) atoms. The first-order valence-corrected chi connectivity index (χ1v) is 7.02. The van der Waals surface area contributed by atoms with Crippen LogP contribution < -0.4 is 0 Å². The lowest BCUT2D eigenvalue weighted by Crippen LogP contribution is -2.18. The zero-order chi connectivity index (χ0) is 14.9. The predicted molar refractivity (Wildman–Crippen MR) is 74.6 cm³/mol. The minimum atomic E-state index is -4.23. The van der Waals surface area contributed by atoms with Crippen LogP contribution in [-0.4, -0.2) is 21.6 Å². The molecule has 0 bridgehead atoms. The van der Waals surface area contributed by atoms with Crippen molar-refractivity contribution in [2.45, 2.75) is 32.0 Å². The molecule has 1 aromatic heterocycles. The normalized spacial score (nSPS) is 13.9. The molecule has 1 heterocycles. The first kappa shape index (κ1) is 15.4. The maximum absolute atomic E-state index is 12.6. The van der Waals surface area contributed by atoms with Crippen molar-refractivity contribution in [3.8, 4) is 0 Å². The van der Waals surface area contributed by atoms with Crippen molar-refractivity contribution >= 4 is 34.2 Å². The average Bonchev–Trinajstić information content (AvgIpc) is 2.64. The van der Waals surface area contributed by atoms with E-state index in [4.69, 9.17) is 23.2 Å². The number of alkyl halides is 4. The van der Waals surface area contributed by atoms with Gasteiger partial charge in [0.1, 0.15) is 5.82 Å². The van der Waals surface area contributed by atoms with Crippen LogP contribution in [0.3, 0.4) is 0 Å². The van der Waals surface area contributed by atoms with E-state index in [1.807, 2.05) is 0 Å². The number of imidazole rings is 1. The van der Waals surface area contributed by atoms with E-state index in [1.54, 1.807) is 22.8 Å². The van der Waals surface area contributed by atoms with Gasteiger partial charge in [0, 0.05) is 23.4 Å². The molecular weight excluding hydrogens is 312 g/mol. The SMILES string of the molecule is CC(CC(F)(F)F)n1c(CCCl)nc2ccc(Cl)cc21. The number of hydrogen-bond acceptors (Lipinski definition) is 1. The zero-order valence-corrected chi connectivity index (χ0v) is 12.2. The highest BCUT2D eigenvalue weighted by Gasteiger charge is 2.32. The molecule has 0 fully saturated rings. The van der Waals surface area contributed by atoms with Crippen molar-refractivity contribution in [2.75, 3.05) is 5.88 Å². The summed E-state index contributed by atoms with van der Waals surface area (Å²) in [6, 6.07) is 4.25. The van der Waals surface area contributed by atoms with Gasteiger partial charge in [0.25, 0.3) is 0 Å².